The number of ether oxygens (including phenoxy) is 1. The lowest BCUT2D eigenvalue weighted by Crippen LogP contribution is -2.43. The van der Waals surface area contributed by atoms with Crippen molar-refractivity contribution in [1.82, 2.24) is 10.2 Å². The van der Waals surface area contributed by atoms with E-state index in [0.717, 1.165) is 0 Å². The fourth-order valence-electron chi connectivity index (χ4n) is 1.22. The Kier molecular flexibility index (Phi) is 8.01. The molecule has 106 valence electrons. The van der Waals surface area contributed by atoms with Gasteiger partial charge < -0.3 is 30.3 Å². The van der Waals surface area contributed by atoms with Crippen LogP contribution < -0.4 is 5.32 Å². The molecule has 0 aromatic heterocycles. The number of carbonyl (C=O) groups is 2. The van der Waals surface area contributed by atoms with Gasteiger partial charge in [0.1, 0.15) is 0 Å². The van der Waals surface area contributed by atoms with Crippen molar-refractivity contribution in [2.24, 2.45) is 0 Å². The van der Waals surface area contributed by atoms with E-state index in [4.69, 9.17) is 14.9 Å². The summed E-state index contributed by atoms with van der Waals surface area (Å²) >= 11 is 0. The molecule has 1 unspecified atom stereocenters. The number of aliphatic hydroxyl groups is 2. The van der Waals surface area contributed by atoms with Gasteiger partial charge in [0.15, 0.2) is 6.10 Å². The molecule has 0 saturated heterocycles. The van der Waals surface area contributed by atoms with Crippen LogP contribution in [0.5, 0.6) is 0 Å². The second-order valence-electron chi connectivity index (χ2n) is 3.86. The number of hydrogen-bond acceptors (Lipinski definition) is 5. The standard InChI is InChI=1S/C10H20N2O6/c1-12(5-7(13)6-18-2)10(17)11-4-3-8(14)9(15)16/h7-8,13-14H,3-6H2,1-2H3,(H,11,17)(H,15,16)/t7?,8-/m0/s1. The van der Waals surface area contributed by atoms with Gasteiger partial charge in [-0.05, 0) is 0 Å². The highest BCUT2D eigenvalue weighted by atomic mass is 16.5. The molecule has 2 amide bonds. The van der Waals surface area contributed by atoms with E-state index < -0.39 is 24.2 Å². The van der Waals surface area contributed by atoms with Crippen LogP contribution in [0.4, 0.5) is 4.79 Å². The van der Waals surface area contributed by atoms with Crippen LogP contribution in [0.15, 0.2) is 0 Å². The van der Waals surface area contributed by atoms with Gasteiger partial charge in [-0.2, -0.15) is 0 Å². The number of methoxy groups -OCH3 is 1. The smallest absolute Gasteiger partial charge is 0.332 e. The van der Waals surface area contributed by atoms with Crippen LogP contribution in [0.3, 0.4) is 0 Å². The normalized spacial score (nSPS) is 13.8. The summed E-state index contributed by atoms with van der Waals surface area (Å²) < 4.78 is 4.72. The van der Waals surface area contributed by atoms with Gasteiger partial charge in [0.25, 0.3) is 0 Å². The van der Waals surface area contributed by atoms with Gasteiger partial charge in [-0.15, -0.1) is 0 Å². The van der Waals surface area contributed by atoms with Crippen LogP contribution in [-0.4, -0.2) is 78.3 Å². The van der Waals surface area contributed by atoms with E-state index >= 15 is 0 Å². The molecule has 0 aliphatic rings. The van der Waals surface area contributed by atoms with Gasteiger partial charge in [0.2, 0.25) is 0 Å². The molecule has 0 aliphatic heterocycles. The highest BCUT2D eigenvalue weighted by Crippen LogP contribution is 1.93. The summed E-state index contributed by atoms with van der Waals surface area (Å²) in [4.78, 5) is 23.0. The van der Waals surface area contributed by atoms with Crippen LogP contribution in [-0.2, 0) is 9.53 Å². The number of carbonyl (C=O) groups excluding carboxylic acids is 1. The largest absolute Gasteiger partial charge is 0.479 e. The summed E-state index contributed by atoms with van der Waals surface area (Å²) in [5.41, 5.74) is 0. The Morgan fingerprint density at radius 2 is 2.00 bits per heavy atom. The predicted octanol–water partition coefficient (Wildman–Crippen LogP) is -1.53. The molecule has 0 spiro atoms. The Morgan fingerprint density at radius 1 is 1.39 bits per heavy atom. The zero-order chi connectivity index (χ0) is 14.1. The molecular weight excluding hydrogens is 244 g/mol. The fourth-order valence-corrected chi connectivity index (χ4v) is 1.22. The average Bonchev–Trinajstić information content (AvgIpc) is 2.28. The maximum atomic E-state index is 11.5. The monoisotopic (exact) mass is 264 g/mol. The van der Waals surface area contributed by atoms with E-state index in [0.29, 0.717) is 0 Å². The van der Waals surface area contributed by atoms with Crippen molar-refractivity contribution in [1.29, 1.82) is 0 Å². The van der Waals surface area contributed by atoms with Gasteiger partial charge in [0.05, 0.1) is 19.3 Å². The third kappa shape index (κ3) is 7.05. The summed E-state index contributed by atoms with van der Waals surface area (Å²) in [7, 11) is 2.93. The van der Waals surface area contributed by atoms with Crippen molar-refractivity contribution in [2.75, 3.05) is 33.9 Å². The van der Waals surface area contributed by atoms with Gasteiger partial charge in [-0.25, -0.2) is 9.59 Å². The number of aliphatic carboxylic acids is 1. The number of rotatable bonds is 8. The Bertz CT molecular complexity index is 273. The summed E-state index contributed by atoms with van der Waals surface area (Å²) in [5.74, 6) is -1.33. The van der Waals surface area contributed by atoms with Crippen molar-refractivity contribution >= 4 is 12.0 Å². The van der Waals surface area contributed by atoms with Crippen LogP contribution in [0.1, 0.15) is 6.42 Å². The zero-order valence-corrected chi connectivity index (χ0v) is 10.5. The summed E-state index contributed by atoms with van der Waals surface area (Å²) in [6, 6.07) is -0.456. The molecule has 4 N–H and O–H groups in total. The minimum absolute atomic E-state index is 0.0387. The van der Waals surface area contributed by atoms with E-state index in [9.17, 15) is 14.7 Å². The average molecular weight is 264 g/mol. The van der Waals surface area contributed by atoms with E-state index in [1.54, 1.807) is 0 Å². The quantitative estimate of drug-likeness (QED) is 0.422. The number of nitrogens with one attached hydrogen (secondary N) is 1. The lowest BCUT2D eigenvalue weighted by Gasteiger charge is -2.21. The molecule has 0 aromatic rings. The highest BCUT2D eigenvalue weighted by Gasteiger charge is 2.15. The molecule has 18 heavy (non-hydrogen) atoms. The van der Waals surface area contributed by atoms with Crippen molar-refractivity contribution in [2.45, 2.75) is 18.6 Å². The van der Waals surface area contributed by atoms with Crippen LogP contribution >= 0.6 is 0 Å². The summed E-state index contributed by atoms with van der Waals surface area (Å²) in [6.07, 6.45) is -2.35. The number of nitrogens with zero attached hydrogens (tertiary/aromatic N) is 1. The van der Waals surface area contributed by atoms with E-state index in [1.165, 1.54) is 19.1 Å². The fraction of sp³-hybridized carbons (Fsp3) is 0.800. The van der Waals surface area contributed by atoms with Crippen molar-refractivity contribution in [3.05, 3.63) is 0 Å². The maximum Gasteiger partial charge on any atom is 0.332 e. The molecule has 0 saturated carbocycles. The Labute approximate surface area is 105 Å². The van der Waals surface area contributed by atoms with Gasteiger partial charge in [-0.3, -0.25) is 0 Å². The summed E-state index contributed by atoms with van der Waals surface area (Å²) in [5, 5.41) is 29.2. The minimum Gasteiger partial charge on any atom is -0.479 e. The topological polar surface area (TPSA) is 119 Å². The van der Waals surface area contributed by atoms with E-state index in [2.05, 4.69) is 5.32 Å². The third-order valence-electron chi connectivity index (χ3n) is 2.17. The first-order valence-corrected chi connectivity index (χ1v) is 5.45. The summed E-state index contributed by atoms with van der Waals surface area (Å²) in [6.45, 7) is 0.257. The van der Waals surface area contributed by atoms with Crippen LogP contribution in [0.25, 0.3) is 0 Å². The highest BCUT2D eigenvalue weighted by molar-refractivity contribution is 5.74. The Morgan fingerprint density at radius 3 is 2.50 bits per heavy atom. The maximum absolute atomic E-state index is 11.5. The number of carboxylic acids is 1. The Balaban J connectivity index is 3.84. The first kappa shape index (κ1) is 16.6. The lowest BCUT2D eigenvalue weighted by atomic mass is 10.2. The number of carboxylic acid groups (broad SMARTS) is 1. The van der Waals surface area contributed by atoms with E-state index in [-0.39, 0.29) is 26.1 Å². The third-order valence-corrected chi connectivity index (χ3v) is 2.17. The van der Waals surface area contributed by atoms with Crippen LogP contribution in [0.2, 0.25) is 0 Å². The molecule has 0 aliphatic carbocycles. The molecule has 8 heteroatoms. The first-order valence-electron chi connectivity index (χ1n) is 5.45. The number of likely N-dealkylation sites (N-methyl/N-ethyl adjacent to an activating group) is 1. The van der Waals surface area contributed by atoms with Crippen molar-refractivity contribution < 1.29 is 29.6 Å². The first-order chi connectivity index (χ1) is 8.38. The molecule has 2 atom stereocenters. The Hall–Kier alpha value is -1.38. The van der Waals surface area contributed by atoms with Gasteiger partial charge >= 0.3 is 12.0 Å². The molecule has 0 radical (unpaired) electrons. The SMILES string of the molecule is COCC(O)CN(C)C(=O)NCC[C@H](O)C(=O)O. The predicted molar refractivity (Wildman–Crippen MR) is 62.2 cm³/mol. The molecule has 0 fully saturated rings. The molecule has 0 rings (SSSR count). The number of urea groups is 1. The van der Waals surface area contributed by atoms with Gasteiger partial charge in [0, 0.05) is 27.1 Å². The number of hydrogen-bond donors (Lipinski definition) is 4. The second kappa shape index (κ2) is 8.67. The number of amides is 2. The molecular formula is C10H20N2O6. The van der Waals surface area contributed by atoms with Crippen LogP contribution in [0, 0.1) is 0 Å². The van der Waals surface area contributed by atoms with E-state index in [1.807, 2.05) is 0 Å². The molecule has 0 aromatic carbocycles. The molecule has 8 nitrogen and oxygen atoms in total. The zero-order valence-electron chi connectivity index (χ0n) is 10.5. The minimum atomic E-state index is -1.49. The van der Waals surface area contributed by atoms with Gasteiger partial charge in [-0.1, -0.05) is 0 Å². The lowest BCUT2D eigenvalue weighted by molar-refractivity contribution is -0.146. The number of aliphatic hydroxyl groups excluding tert-OH is 2. The molecule has 0 heterocycles. The molecule has 0 bridgehead atoms. The van der Waals surface area contributed by atoms with Crippen molar-refractivity contribution in [3.63, 3.8) is 0 Å². The second-order valence-corrected chi connectivity index (χ2v) is 3.86. The van der Waals surface area contributed by atoms with Crippen molar-refractivity contribution in [3.8, 4) is 0 Å².